The predicted octanol–water partition coefficient (Wildman–Crippen LogP) is 6.06. The van der Waals surface area contributed by atoms with Crippen LogP contribution in [0.4, 0.5) is 0 Å². The number of unbranched alkanes of at least 4 members (excludes halogenated alkanes) is 13. The van der Waals surface area contributed by atoms with Crippen molar-refractivity contribution in [2.45, 2.75) is 116 Å². The molecule has 3 nitrogen and oxygen atoms in total. The first-order chi connectivity index (χ1) is 12.3. The molecule has 0 aromatic carbocycles. The van der Waals surface area contributed by atoms with E-state index in [4.69, 9.17) is 0 Å². The van der Waals surface area contributed by atoms with E-state index < -0.39 is 6.23 Å². The molecule has 0 fully saturated rings. The Morgan fingerprint density at radius 2 is 1.40 bits per heavy atom. The van der Waals surface area contributed by atoms with Crippen LogP contribution in [0.2, 0.25) is 0 Å². The Bertz CT molecular complexity index is 341. The van der Waals surface area contributed by atoms with Crippen molar-refractivity contribution in [3.05, 3.63) is 25.1 Å². The molecule has 146 valence electrons. The third kappa shape index (κ3) is 11.3. The summed E-state index contributed by atoms with van der Waals surface area (Å²) in [5.74, 6) is 0. The lowest BCUT2D eigenvalue weighted by molar-refractivity contribution is 0.0254. The number of nitrogens with zero attached hydrogens (tertiary/aromatic N) is 1. The Balaban J connectivity index is 1.77. The van der Waals surface area contributed by atoms with Crippen LogP contribution in [-0.2, 0) is 0 Å². The van der Waals surface area contributed by atoms with Gasteiger partial charge in [-0.15, -0.1) is 6.58 Å². The van der Waals surface area contributed by atoms with Crippen LogP contribution < -0.4 is 5.32 Å². The Kier molecular flexibility index (Phi) is 13.5. The molecule has 1 aliphatic heterocycles. The van der Waals surface area contributed by atoms with Crippen LogP contribution >= 0.6 is 0 Å². The Labute approximate surface area is 156 Å². The largest absolute Gasteiger partial charge is 0.374 e. The van der Waals surface area contributed by atoms with Crippen LogP contribution in [-0.4, -0.2) is 22.4 Å². The predicted molar refractivity (Wildman–Crippen MR) is 109 cm³/mol. The minimum Gasteiger partial charge on any atom is -0.374 e. The van der Waals surface area contributed by atoms with Crippen LogP contribution in [0, 0.1) is 0 Å². The van der Waals surface area contributed by atoms with Crippen molar-refractivity contribution in [1.82, 2.24) is 10.2 Å². The first-order valence-corrected chi connectivity index (χ1v) is 10.7. The number of aliphatic hydroxyl groups is 1. The van der Waals surface area contributed by atoms with E-state index >= 15 is 0 Å². The van der Waals surface area contributed by atoms with Crippen LogP contribution in [0.1, 0.15) is 103 Å². The van der Waals surface area contributed by atoms with Gasteiger partial charge in [0, 0.05) is 12.4 Å². The monoisotopic (exact) mass is 350 g/mol. The third-order valence-corrected chi connectivity index (χ3v) is 5.21. The SMILES string of the molecule is C=CCCCCCCCCCCCCCCCC1NC=CN1C(C)O. The number of hydrogen-bond donors (Lipinski definition) is 2. The number of nitrogens with one attached hydrogen (secondary N) is 1. The molecular weight excluding hydrogens is 308 g/mol. The molecule has 0 spiro atoms. The van der Waals surface area contributed by atoms with E-state index in [2.05, 4.69) is 11.9 Å². The molecule has 2 atom stereocenters. The maximum Gasteiger partial charge on any atom is 0.125 e. The lowest BCUT2D eigenvalue weighted by Crippen LogP contribution is -2.40. The van der Waals surface area contributed by atoms with Gasteiger partial charge in [-0.25, -0.2) is 0 Å². The van der Waals surface area contributed by atoms with Gasteiger partial charge in [0.15, 0.2) is 0 Å². The molecule has 0 saturated heterocycles. The molecule has 0 bridgehead atoms. The summed E-state index contributed by atoms with van der Waals surface area (Å²) in [4.78, 5) is 2.00. The maximum atomic E-state index is 9.68. The molecule has 0 amide bonds. The maximum absolute atomic E-state index is 9.68. The fourth-order valence-electron chi connectivity index (χ4n) is 3.62. The van der Waals surface area contributed by atoms with E-state index in [1.54, 1.807) is 0 Å². The summed E-state index contributed by atoms with van der Waals surface area (Å²) in [5.41, 5.74) is 0. The van der Waals surface area contributed by atoms with Crippen molar-refractivity contribution in [1.29, 1.82) is 0 Å². The normalized spacial score (nSPS) is 17.7. The highest BCUT2D eigenvalue weighted by molar-refractivity contribution is 4.94. The molecule has 1 heterocycles. The van der Waals surface area contributed by atoms with E-state index in [9.17, 15) is 5.11 Å². The number of aliphatic hydroxyl groups excluding tert-OH is 1. The Morgan fingerprint density at radius 3 is 1.88 bits per heavy atom. The van der Waals surface area contributed by atoms with E-state index in [0.717, 1.165) is 6.42 Å². The van der Waals surface area contributed by atoms with E-state index in [1.165, 1.54) is 89.9 Å². The summed E-state index contributed by atoms with van der Waals surface area (Å²) in [5, 5.41) is 13.0. The van der Waals surface area contributed by atoms with Crippen molar-refractivity contribution >= 4 is 0 Å². The van der Waals surface area contributed by atoms with E-state index in [-0.39, 0.29) is 6.17 Å². The molecule has 25 heavy (non-hydrogen) atoms. The summed E-state index contributed by atoms with van der Waals surface area (Å²) in [6.45, 7) is 5.60. The van der Waals surface area contributed by atoms with Crippen LogP contribution in [0.5, 0.6) is 0 Å². The average Bonchev–Trinajstić information content (AvgIpc) is 3.07. The second-order valence-electron chi connectivity index (χ2n) is 7.54. The zero-order chi connectivity index (χ0) is 18.2. The highest BCUT2D eigenvalue weighted by Gasteiger charge is 2.20. The summed E-state index contributed by atoms with van der Waals surface area (Å²) in [6.07, 6.45) is 26.1. The molecule has 0 aliphatic carbocycles. The van der Waals surface area contributed by atoms with Gasteiger partial charge in [-0.05, 0) is 32.6 Å². The van der Waals surface area contributed by atoms with Crippen LogP contribution in [0.25, 0.3) is 0 Å². The summed E-state index contributed by atoms with van der Waals surface area (Å²) in [6, 6.07) is 0. The zero-order valence-corrected chi connectivity index (χ0v) is 16.6. The van der Waals surface area contributed by atoms with Crippen molar-refractivity contribution in [3.8, 4) is 0 Å². The van der Waals surface area contributed by atoms with Crippen molar-refractivity contribution in [2.24, 2.45) is 0 Å². The summed E-state index contributed by atoms with van der Waals surface area (Å²) in [7, 11) is 0. The Hall–Kier alpha value is -0.960. The van der Waals surface area contributed by atoms with E-state index in [0.29, 0.717) is 0 Å². The number of hydrogen-bond acceptors (Lipinski definition) is 3. The quantitative estimate of drug-likeness (QED) is 0.247. The van der Waals surface area contributed by atoms with Gasteiger partial charge in [0.1, 0.15) is 12.4 Å². The number of allylic oxidation sites excluding steroid dienone is 1. The molecule has 0 aromatic heterocycles. The summed E-state index contributed by atoms with van der Waals surface area (Å²) < 4.78 is 0. The van der Waals surface area contributed by atoms with Gasteiger partial charge in [-0.2, -0.15) is 0 Å². The van der Waals surface area contributed by atoms with Gasteiger partial charge in [0.25, 0.3) is 0 Å². The lowest BCUT2D eigenvalue weighted by atomic mass is 10.0. The third-order valence-electron chi connectivity index (χ3n) is 5.21. The molecule has 2 unspecified atom stereocenters. The van der Waals surface area contributed by atoms with Crippen LogP contribution in [0.15, 0.2) is 25.1 Å². The second-order valence-corrected chi connectivity index (χ2v) is 7.54. The van der Waals surface area contributed by atoms with Crippen molar-refractivity contribution in [3.63, 3.8) is 0 Å². The second kappa shape index (κ2) is 15.3. The highest BCUT2D eigenvalue weighted by atomic mass is 16.3. The Morgan fingerprint density at radius 1 is 0.920 bits per heavy atom. The summed E-state index contributed by atoms with van der Waals surface area (Å²) >= 11 is 0. The molecule has 1 aliphatic rings. The molecule has 0 saturated carbocycles. The fourth-order valence-corrected chi connectivity index (χ4v) is 3.62. The van der Waals surface area contributed by atoms with Crippen LogP contribution in [0.3, 0.4) is 0 Å². The van der Waals surface area contributed by atoms with Gasteiger partial charge in [0.05, 0.1) is 0 Å². The molecule has 0 radical (unpaired) electrons. The molecule has 1 rings (SSSR count). The fraction of sp³-hybridized carbons (Fsp3) is 0.818. The lowest BCUT2D eigenvalue weighted by Gasteiger charge is -2.28. The van der Waals surface area contributed by atoms with Crippen molar-refractivity contribution < 1.29 is 5.11 Å². The van der Waals surface area contributed by atoms with Gasteiger partial charge >= 0.3 is 0 Å². The minimum absolute atomic E-state index is 0.289. The topological polar surface area (TPSA) is 35.5 Å². The smallest absolute Gasteiger partial charge is 0.125 e. The first kappa shape index (κ1) is 22.1. The first-order valence-electron chi connectivity index (χ1n) is 10.7. The number of rotatable bonds is 17. The van der Waals surface area contributed by atoms with Gasteiger partial charge in [-0.1, -0.05) is 76.7 Å². The molecular formula is C22H42N2O. The molecule has 2 N–H and O–H groups in total. The van der Waals surface area contributed by atoms with Gasteiger partial charge < -0.3 is 15.3 Å². The standard InChI is InChI=1S/C22H42N2O/c1-3-4-5-6-7-8-9-10-11-12-13-14-15-16-17-18-22-23-19-20-24(22)21(2)25/h3,19-23,25H,1,4-18H2,2H3. The van der Waals surface area contributed by atoms with E-state index in [1.807, 2.05) is 30.3 Å². The highest BCUT2D eigenvalue weighted by Crippen LogP contribution is 2.17. The van der Waals surface area contributed by atoms with Gasteiger partial charge in [-0.3, -0.25) is 0 Å². The molecule has 3 heteroatoms. The zero-order valence-electron chi connectivity index (χ0n) is 16.6. The average molecular weight is 351 g/mol. The minimum atomic E-state index is -0.400. The molecule has 0 aromatic rings. The van der Waals surface area contributed by atoms with Crippen molar-refractivity contribution in [2.75, 3.05) is 0 Å². The van der Waals surface area contributed by atoms with Gasteiger partial charge in [0.2, 0.25) is 0 Å².